The predicted octanol–water partition coefficient (Wildman–Crippen LogP) is 6.29. The Morgan fingerprint density at radius 1 is 1.05 bits per heavy atom. The van der Waals surface area contributed by atoms with Gasteiger partial charge in [0.05, 0.1) is 11.4 Å². The number of ether oxygens (including phenoxy) is 2. The Balaban J connectivity index is 1.23. The summed E-state index contributed by atoms with van der Waals surface area (Å²) in [7, 11) is 0. The number of carboxylic acids is 1. The second kappa shape index (κ2) is 12.6. The van der Waals surface area contributed by atoms with Crippen LogP contribution in [0, 0.1) is 9.49 Å². The number of nitrogens with one attached hydrogen (secondary N) is 1. The number of carbonyl (C=O) groups excluding carboxylic acids is 2. The number of anilines is 1. The second-order valence-electron chi connectivity index (χ2n) is 9.83. The molecule has 1 atom stereocenters. The number of hydrogen-bond donors (Lipinski definition) is 3. The summed E-state index contributed by atoms with van der Waals surface area (Å²) in [4.78, 5) is 36.5. The normalized spacial score (nSPS) is 13.0. The lowest BCUT2D eigenvalue weighted by Gasteiger charge is -2.09. The highest BCUT2D eigenvalue weighted by Crippen LogP contribution is 2.40. The first-order valence-corrected chi connectivity index (χ1v) is 14.3. The Bertz CT molecular complexity index is 1700. The van der Waals surface area contributed by atoms with Crippen molar-refractivity contribution < 1.29 is 34.1 Å². The van der Waals surface area contributed by atoms with E-state index in [1.165, 1.54) is 12.1 Å². The van der Waals surface area contributed by atoms with Crippen molar-refractivity contribution in [2.24, 2.45) is 16.1 Å². The molecule has 2 heterocycles. The number of halogens is 1. The maximum absolute atomic E-state index is 12.8. The van der Waals surface area contributed by atoms with Gasteiger partial charge in [-0.25, -0.2) is 0 Å². The number of azo groups is 1. The van der Waals surface area contributed by atoms with Crippen LogP contribution in [0.1, 0.15) is 35.7 Å². The number of aromatic nitrogens is 1. The van der Waals surface area contributed by atoms with Gasteiger partial charge in [0.25, 0.3) is 5.91 Å². The van der Waals surface area contributed by atoms with E-state index in [1.54, 1.807) is 23.6 Å². The second-order valence-corrected chi connectivity index (χ2v) is 11.1. The molecule has 0 fully saturated rings. The van der Waals surface area contributed by atoms with Crippen LogP contribution in [-0.2, 0) is 22.6 Å². The smallest absolute Gasteiger partial charge is 0.306 e. The van der Waals surface area contributed by atoms with E-state index < -0.39 is 17.8 Å². The standard InChI is InChI=1S/C30H27IN4O7/c1-17(30(39)40)12-13-35-23-9-6-20(31)15-22(23)27(29(35)38)33-34-28(37)19-4-7-21(8-5-19)32-26(36)11-3-18-2-10-24-25(14-18)42-16-41-24/h2,4-10,14-15,17,38H,3,11-13,16H2,1H3,(H,32,36)(H,39,40). The first-order chi connectivity index (χ1) is 20.2. The number of carbonyl (C=O) groups is 3. The summed E-state index contributed by atoms with van der Waals surface area (Å²) in [5.74, 6) is -1.14. The highest BCUT2D eigenvalue weighted by Gasteiger charge is 2.20. The van der Waals surface area contributed by atoms with E-state index in [0.717, 1.165) is 9.13 Å². The van der Waals surface area contributed by atoms with Gasteiger partial charge in [-0.05, 0) is 95.6 Å². The van der Waals surface area contributed by atoms with Crippen LogP contribution in [0.15, 0.2) is 70.9 Å². The molecule has 0 saturated carbocycles. The lowest BCUT2D eigenvalue weighted by molar-refractivity contribution is -0.141. The van der Waals surface area contributed by atoms with Crippen LogP contribution in [-0.4, -0.2) is 39.4 Å². The third-order valence-corrected chi connectivity index (χ3v) is 7.58. The molecular formula is C30H27IN4O7. The zero-order chi connectivity index (χ0) is 29.8. The number of nitrogens with zero attached hydrogens (tertiary/aromatic N) is 3. The number of aliphatic carboxylic acids is 1. The number of benzene rings is 3. The Morgan fingerprint density at radius 3 is 2.57 bits per heavy atom. The predicted molar refractivity (Wildman–Crippen MR) is 163 cm³/mol. The van der Waals surface area contributed by atoms with E-state index >= 15 is 0 Å². The topological polar surface area (TPSA) is 152 Å². The van der Waals surface area contributed by atoms with Gasteiger partial charge in [-0.1, -0.05) is 13.0 Å². The van der Waals surface area contributed by atoms with Crippen LogP contribution < -0.4 is 14.8 Å². The summed E-state index contributed by atoms with van der Waals surface area (Å²) in [6, 6.07) is 17.4. The molecule has 0 saturated heterocycles. The van der Waals surface area contributed by atoms with Crippen molar-refractivity contribution in [3.8, 4) is 17.4 Å². The Kier molecular flexibility index (Phi) is 8.71. The van der Waals surface area contributed by atoms with Crippen LogP contribution in [0.5, 0.6) is 17.4 Å². The Morgan fingerprint density at radius 2 is 1.81 bits per heavy atom. The highest BCUT2D eigenvalue weighted by atomic mass is 127. The number of amides is 2. The average Bonchev–Trinajstić information content (AvgIpc) is 3.55. The maximum atomic E-state index is 12.8. The molecule has 3 aromatic carbocycles. The quantitative estimate of drug-likeness (QED) is 0.131. The van der Waals surface area contributed by atoms with Gasteiger partial charge >= 0.3 is 5.97 Å². The fraction of sp³-hybridized carbons (Fsp3) is 0.233. The molecule has 4 aromatic rings. The molecule has 1 aliphatic heterocycles. The molecule has 0 radical (unpaired) electrons. The Hall–Kier alpha value is -4.46. The molecule has 0 spiro atoms. The van der Waals surface area contributed by atoms with Gasteiger partial charge in [-0.2, -0.15) is 0 Å². The molecule has 0 bridgehead atoms. The third-order valence-electron chi connectivity index (χ3n) is 6.91. The van der Waals surface area contributed by atoms with Gasteiger partial charge in [0.15, 0.2) is 17.2 Å². The molecule has 1 aliphatic rings. The molecule has 42 heavy (non-hydrogen) atoms. The molecule has 216 valence electrons. The van der Waals surface area contributed by atoms with Crippen molar-refractivity contribution in [3.63, 3.8) is 0 Å². The molecular weight excluding hydrogens is 655 g/mol. The first-order valence-electron chi connectivity index (χ1n) is 13.2. The summed E-state index contributed by atoms with van der Waals surface area (Å²) in [5.41, 5.74) is 2.53. The van der Waals surface area contributed by atoms with Crippen LogP contribution in [0.4, 0.5) is 11.4 Å². The SMILES string of the molecule is CC(CCn1c(O)c(N=NC(=O)c2ccc(NC(=O)CCc3ccc4c(c3)OCO4)cc2)c2cc(I)ccc21)C(=O)O. The van der Waals surface area contributed by atoms with Crippen molar-refractivity contribution in [1.29, 1.82) is 0 Å². The number of carboxylic acid groups (broad SMARTS) is 1. The minimum absolute atomic E-state index is 0.131. The van der Waals surface area contributed by atoms with Crippen LogP contribution in [0.25, 0.3) is 10.9 Å². The molecule has 12 heteroatoms. The summed E-state index contributed by atoms with van der Waals surface area (Å²) < 4.78 is 13.2. The minimum Gasteiger partial charge on any atom is -0.493 e. The minimum atomic E-state index is -0.919. The van der Waals surface area contributed by atoms with E-state index in [0.29, 0.717) is 40.9 Å². The zero-order valence-corrected chi connectivity index (χ0v) is 24.7. The highest BCUT2D eigenvalue weighted by molar-refractivity contribution is 14.1. The summed E-state index contributed by atoms with van der Waals surface area (Å²) >= 11 is 2.14. The van der Waals surface area contributed by atoms with Gasteiger partial charge in [0, 0.05) is 33.2 Å². The van der Waals surface area contributed by atoms with Crippen molar-refractivity contribution >= 4 is 62.7 Å². The first kappa shape index (κ1) is 29.0. The van der Waals surface area contributed by atoms with Gasteiger partial charge < -0.3 is 29.6 Å². The molecule has 0 aliphatic carbocycles. The number of aromatic hydroxyl groups is 1. The number of fused-ring (bicyclic) bond motifs is 2. The zero-order valence-electron chi connectivity index (χ0n) is 22.5. The molecule has 5 rings (SSSR count). The number of rotatable bonds is 10. The summed E-state index contributed by atoms with van der Waals surface area (Å²) in [6.07, 6.45) is 1.09. The van der Waals surface area contributed by atoms with Gasteiger partial charge in [0.2, 0.25) is 18.6 Å². The van der Waals surface area contributed by atoms with Gasteiger partial charge in [-0.3, -0.25) is 14.4 Å². The van der Waals surface area contributed by atoms with E-state index in [-0.39, 0.29) is 42.8 Å². The van der Waals surface area contributed by atoms with Crippen molar-refractivity contribution in [2.75, 3.05) is 12.1 Å². The largest absolute Gasteiger partial charge is 0.493 e. The monoisotopic (exact) mass is 682 g/mol. The fourth-order valence-corrected chi connectivity index (χ4v) is 4.99. The van der Waals surface area contributed by atoms with Crippen molar-refractivity contribution in [3.05, 3.63) is 75.4 Å². The molecule has 2 amide bonds. The third kappa shape index (κ3) is 6.54. The maximum Gasteiger partial charge on any atom is 0.306 e. The number of aryl methyl sites for hydroxylation is 2. The van der Waals surface area contributed by atoms with E-state index in [4.69, 9.17) is 9.47 Å². The lowest BCUT2D eigenvalue weighted by Crippen LogP contribution is -2.12. The lowest BCUT2D eigenvalue weighted by atomic mass is 10.1. The van der Waals surface area contributed by atoms with E-state index in [2.05, 4.69) is 38.1 Å². The van der Waals surface area contributed by atoms with Crippen LogP contribution >= 0.6 is 22.6 Å². The van der Waals surface area contributed by atoms with E-state index in [1.807, 2.05) is 36.4 Å². The average molecular weight is 682 g/mol. The fourth-order valence-electron chi connectivity index (χ4n) is 4.49. The van der Waals surface area contributed by atoms with Gasteiger partial charge in [0.1, 0.15) is 0 Å². The van der Waals surface area contributed by atoms with Crippen LogP contribution in [0.3, 0.4) is 0 Å². The van der Waals surface area contributed by atoms with Crippen molar-refractivity contribution in [2.45, 2.75) is 32.7 Å². The molecule has 11 nitrogen and oxygen atoms in total. The summed E-state index contributed by atoms with van der Waals surface area (Å²) in [6.45, 7) is 2.05. The van der Waals surface area contributed by atoms with E-state index in [9.17, 15) is 24.6 Å². The van der Waals surface area contributed by atoms with Gasteiger partial charge in [-0.15, -0.1) is 10.2 Å². The van der Waals surface area contributed by atoms with Crippen molar-refractivity contribution in [1.82, 2.24) is 4.57 Å². The number of hydrogen-bond acceptors (Lipinski definition) is 7. The van der Waals surface area contributed by atoms with Crippen LogP contribution in [0.2, 0.25) is 0 Å². The Labute approximate surface area is 254 Å². The molecule has 3 N–H and O–H groups in total. The molecule has 1 aromatic heterocycles. The summed E-state index contributed by atoms with van der Waals surface area (Å²) in [5, 5.41) is 31.5. The molecule has 1 unspecified atom stereocenters.